The van der Waals surface area contributed by atoms with Crippen LogP contribution in [-0.4, -0.2) is 42.7 Å². The van der Waals surface area contributed by atoms with Crippen molar-refractivity contribution >= 4 is 27.8 Å². The fourth-order valence-corrected chi connectivity index (χ4v) is 7.46. The van der Waals surface area contributed by atoms with Crippen LogP contribution in [0.4, 0.5) is 0 Å². The van der Waals surface area contributed by atoms with E-state index in [1.54, 1.807) is 31.4 Å². The molecule has 190 valence electrons. The van der Waals surface area contributed by atoms with Crippen LogP contribution in [0.25, 0.3) is 0 Å². The van der Waals surface area contributed by atoms with Gasteiger partial charge in [-0.15, -0.1) is 11.8 Å². The van der Waals surface area contributed by atoms with Crippen molar-refractivity contribution in [1.82, 2.24) is 4.31 Å². The molecule has 4 rings (SSSR count). The zero-order valence-electron chi connectivity index (χ0n) is 20.6. The third kappa shape index (κ3) is 5.61. The van der Waals surface area contributed by atoms with Crippen LogP contribution in [0.5, 0.6) is 5.75 Å². The predicted molar refractivity (Wildman–Crippen MR) is 142 cm³/mol. The van der Waals surface area contributed by atoms with E-state index in [1.807, 2.05) is 55.5 Å². The van der Waals surface area contributed by atoms with Crippen molar-refractivity contribution in [3.8, 4) is 5.75 Å². The molecule has 0 radical (unpaired) electrons. The smallest absolute Gasteiger partial charge is 0.308 e. The van der Waals surface area contributed by atoms with Gasteiger partial charge in [0.2, 0.25) is 10.0 Å². The normalized spacial score (nSPS) is 20.7. The number of benzene rings is 3. The van der Waals surface area contributed by atoms with E-state index >= 15 is 0 Å². The number of methoxy groups -OCH3 is 1. The molecule has 36 heavy (non-hydrogen) atoms. The van der Waals surface area contributed by atoms with Gasteiger partial charge in [0, 0.05) is 16.7 Å². The SMILES string of the molecule is CCc1ccc([C@@H]2C[C@@H](Sc3ccc(OC)cc3)[C@H](C(=O)O)CN2S(=O)(=O)c2ccc(C)cc2)cc1. The van der Waals surface area contributed by atoms with E-state index in [0.29, 0.717) is 6.42 Å². The quantitative estimate of drug-likeness (QED) is 0.414. The maximum atomic E-state index is 13.8. The summed E-state index contributed by atoms with van der Waals surface area (Å²) in [6.07, 6.45) is 1.26. The fourth-order valence-electron chi connectivity index (χ4n) is 4.53. The number of aliphatic carboxylic acids is 1. The third-order valence-corrected chi connectivity index (χ3v) is 9.95. The van der Waals surface area contributed by atoms with Crippen molar-refractivity contribution in [2.75, 3.05) is 13.7 Å². The second kappa shape index (κ2) is 11.1. The minimum absolute atomic E-state index is 0.0977. The van der Waals surface area contributed by atoms with Crippen LogP contribution in [0.3, 0.4) is 0 Å². The van der Waals surface area contributed by atoms with Gasteiger partial charge in [-0.05, 0) is 67.3 Å². The molecule has 0 aliphatic carbocycles. The van der Waals surface area contributed by atoms with Gasteiger partial charge in [0.05, 0.1) is 24.0 Å². The Morgan fingerprint density at radius 2 is 1.67 bits per heavy atom. The second-order valence-electron chi connectivity index (χ2n) is 9.01. The lowest BCUT2D eigenvalue weighted by atomic mass is 9.90. The fraction of sp³-hybridized carbons (Fsp3) is 0.321. The number of carboxylic acids is 1. The lowest BCUT2D eigenvalue weighted by Gasteiger charge is -2.41. The van der Waals surface area contributed by atoms with Gasteiger partial charge in [-0.25, -0.2) is 8.42 Å². The molecule has 3 aromatic rings. The first kappa shape index (κ1) is 26.3. The Morgan fingerprint density at radius 3 is 2.22 bits per heavy atom. The number of carbonyl (C=O) groups is 1. The Bertz CT molecular complexity index is 1290. The lowest BCUT2D eigenvalue weighted by Crippen LogP contribution is -2.49. The molecule has 1 heterocycles. The molecule has 1 aliphatic heterocycles. The number of nitrogens with zero attached hydrogens (tertiary/aromatic N) is 1. The molecule has 1 saturated heterocycles. The lowest BCUT2D eigenvalue weighted by molar-refractivity contribution is -0.143. The number of thioether (sulfide) groups is 1. The Balaban J connectivity index is 1.73. The van der Waals surface area contributed by atoms with E-state index in [1.165, 1.54) is 16.1 Å². The monoisotopic (exact) mass is 525 g/mol. The van der Waals surface area contributed by atoms with Crippen molar-refractivity contribution in [2.45, 2.75) is 47.8 Å². The average Bonchev–Trinajstić information content (AvgIpc) is 2.89. The van der Waals surface area contributed by atoms with E-state index in [-0.39, 0.29) is 16.7 Å². The number of ether oxygens (including phenoxy) is 1. The molecule has 1 fully saturated rings. The van der Waals surface area contributed by atoms with E-state index in [4.69, 9.17) is 4.74 Å². The molecule has 0 saturated carbocycles. The van der Waals surface area contributed by atoms with Gasteiger partial charge >= 0.3 is 5.97 Å². The summed E-state index contributed by atoms with van der Waals surface area (Å²) < 4.78 is 34.3. The zero-order valence-corrected chi connectivity index (χ0v) is 22.3. The van der Waals surface area contributed by atoms with Crippen molar-refractivity contribution in [2.24, 2.45) is 5.92 Å². The molecule has 3 aromatic carbocycles. The third-order valence-electron chi connectivity index (χ3n) is 6.69. The molecular formula is C28H31NO5S2. The van der Waals surface area contributed by atoms with Crippen LogP contribution in [0.1, 0.15) is 36.1 Å². The van der Waals surface area contributed by atoms with Crippen LogP contribution in [0.15, 0.2) is 82.6 Å². The van der Waals surface area contributed by atoms with Gasteiger partial charge in [-0.3, -0.25) is 4.79 Å². The first-order valence-electron chi connectivity index (χ1n) is 11.9. The molecule has 0 amide bonds. The number of aryl methyl sites for hydroxylation is 2. The number of piperidine rings is 1. The van der Waals surface area contributed by atoms with Gasteiger partial charge in [0.15, 0.2) is 0 Å². The van der Waals surface area contributed by atoms with Gasteiger partial charge in [-0.2, -0.15) is 4.31 Å². The highest BCUT2D eigenvalue weighted by Gasteiger charge is 2.45. The largest absolute Gasteiger partial charge is 0.497 e. The average molecular weight is 526 g/mol. The molecule has 0 bridgehead atoms. The molecule has 1 aliphatic rings. The molecule has 0 aromatic heterocycles. The van der Waals surface area contributed by atoms with Crippen LogP contribution in [-0.2, 0) is 21.2 Å². The van der Waals surface area contributed by atoms with Gasteiger partial charge in [0.1, 0.15) is 5.75 Å². The van der Waals surface area contributed by atoms with Crippen molar-refractivity contribution in [3.05, 3.63) is 89.5 Å². The highest BCUT2D eigenvalue weighted by Crippen LogP contribution is 2.44. The Kier molecular flexibility index (Phi) is 8.07. The number of hydrogen-bond donors (Lipinski definition) is 1. The van der Waals surface area contributed by atoms with Crippen molar-refractivity contribution in [3.63, 3.8) is 0 Å². The maximum absolute atomic E-state index is 13.8. The van der Waals surface area contributed by atoms with E-state index in [9.17, 15) is 18.3 Å². The first-order chi connectivity index (χ1) is 17.2. The van der Waals surface area contributed by atoms with Crippen molar-refractivity contribution < 1.29 is 23.1 Å². The predicted octanol–water partition coefficient (Wildman–Crippen LogP) is 5.56. The summed E-state index contributed by atoms with van der Waals surface area (Å²) in [4.78, 5) is 13.5. The minimum atomic E-state index is -3.92. The van der Waals surface area contributed by atoms with Gasteiger partial charge in [0.25, 0.3) is 0 Å². The second-order valence-corrected chi connectivity index (χ2v) is 12.2. The summed E-state index contributed by atoms with van der Waals surface area (Å²) >= 11 is 1.48. The summed E-state index contributed by atoms with van der Waals surface area (Å²) in [5.74, 6) is -1.13. The Labute approximate surface area is 217 Å². The van der Waals surface area contributed by atoms with Gasteiger partial charge in [-0.1, -0.05) is 48.9 Å². The molecule has 0 spiro atoms. The number of carboxylic acid groups (broad SMARTS) is 1. The van der Waals surface area contributed by atoms with E-state index in [0.717, 1.165) is 33.8 Å². The molecule has 3 atom stereocenters. The van der Waals surface area contributed by atoms with Crippen LogP contribution in [0, 0.1) is 12.8 Å². The molecule has 6 nitrogen and oxygen atoms in total. The van der Waals surface area contributed by atoms with Crippen molar-refractivity contribution in [1.29, 1.82) is 0 Å². The minimum Gasteiger partial charge on any atom is -0.497 e. The summed E-state index contributed by atoms with van der Waals surface area (Å²) in [6, 6.07) is 21.7. The zero-order chi connectivity index (χ0) is 25.9. The number of sulfonamides is 1. The van der Waals surface area contributed by atoms with E-state index < -0.39 is 28.0 Å². The number of hydrogen-bond acceptors (Lipinski definition) is 5. The Hall–Kier alpha value is -2.81. The molecule has 8 heteroatoms. The molecule has 0 unspecified atom stereocenters. The van der Waals surface area contributed by atoms with Crippen LogP contribution in [0.2, 0.25) is 0 Å². The summed E-state index contributed by atoms with van der Waals surface area (Å²) in [7, 11) is -2.32. The van der Waals surface area contributed by atoms with Crippen LogP contribution < -0.4 is 4.74 Å². The Morgan fingerprint density at radius 1 is 1.03 bits per heavy atom. The van der Waals surface area contributed by atoms with Gasteiger partial charge < -0.3 is 9.84 Å². The van der Waals surface area contributed by atoms with Crippen LogP contribution >= 0.6 is 11.8 Å². The molecular weight excluding hydrogens is 494 g/mol. The highest BCUT2D eigenvalue weighted by atomic mass is 32.2. The van der Waals surface area contributed by atoms with E-state index in [2.05, 4.69) is 6.92 Å². The molecule has 1 N–H and O–H groups in total. The standard InChI is InChI=1S/C28H31NO5S2/c1-4-20-7-9-21(10-8-20)26-17-27(35-23-13-11-22(34-3)12-14-23)25(28(30)31)18-29(26)36(32,33)24-15-5-19(2)6-16-24/h5-16,25-27H,4,17-18H2,1-3H3,(H,30,31)/t25-,26+,27-/m1/s1. The number of rotatable bonds is 8. The summed E-state index contributed by atoms with van der Waals surface area (Å²) in [5.41, 5.74) is 2.99. The summed E-state index contributed by atoms with van der Waals surface area (Å²) in [6.45, 7) is 3.87. The topological polar surface area (TPSA) is 83.9 Å². The maximum Gasteiger partial charge on any atom is 0.308 e. The first-order valence-corrected chi connectivity index (χ1v) is 14.3. The summed E-state index contributed by atoms with van der Waals surface area (Å²) in [5, 5.41) is 9.82. The highest BCUT2D eigenvalue weighted by molar-refractivity contribution is 8.00.